The normalized spacial score (nSPS) is 14.6. The summed E-state index contributed by atoms with van der Waals surface area (Å²) in [4.78, 5) is 20.7. The molecule has 0 spiro atoms. The first kappa shape index (κ1) is 23.7. The summed E-state index contributed by atoms with van der Waals surface area (Å²) in [5.74, 6) is 1.21. The smallest absolute Gasteiger partial charge is 0.254 e. The molecule has 0 unspecified atom stereocenters. The van der Waals surface area contributed by atoms with E-state index in [2.05, 4.69) is 84.4 Å². The lowest BCUT2D eigenvalue weighted by Crippen LogP contribution is -2.39. The Labute approximate surface area is 216 Å². The van der Waals surface area contributed by atoms with Crippen LogP contribution in [0.15, 0.2) is 83.3 Å². The minimum Gasteiger partial charge on any atom is -0.339 e. The van der Waals surface area contributed by atoms with Crippen LogP contribution >= 0.6 is 15.9 Å². The van der Waals surface area contributed by atoms with E-state index in [4.69, 9.17) is 4.98 Å². The van der Waals surface area contributed by atoms with E-state index in [1.807, 2.05) is 29.2 Å². The molecular formula is C31H31BrN2O. The molecule has 1 amide bonds. The standard InChI is InChI=1S/C31H31BrN2O/c1-21(2)24-8-10-25(11-9-24)30-20-28(27-19-26(32)12-13-29(27)33-30)31(35)34-16-14-23(15-17-34)18-22-6-4-3-5-7-22/h3-13,19-21,23H,14-18H2,1-2H3. The number of nitrogens with zero attached hydrogens (tertiary/aromatic N) is 2. The molecule has 0 N–H and O–H groups in total. The molecule has 0 bridgehead atoms. The number of rotatable bonds is 5. The number of carbonyl (C=O) groups excluding carboxylic acids is 1. The van der Waals surface area contributed by atoms with Gasteiger partial charge in [-0.3, -0.25) is 4.79 Å². The van der Waals surface area contributed by atoms with Crippen LogP contribution < -0.4 is 0 Å². The maximum Gasteiger partial charge on any atom is 0.254 e. The Hall–Kier alpha value is -2.98. The number of hydrogen-bond donors (Lipinski definition) is 0. The second-order valence-electron chi connectivity index (χ2n) is 9.92. The van der Waals surface area contributed by atoms with E-state index in [0.29, 0.717) is 11.8 Å². The number of piperidine rings is 1. The second-order valence-corrected chi connectivity index (χ2v) is 10.8. The van der Waals surface area contributed by atoms with Crippen LogP contribution in [-0.2, 0) is 6.42 Å². The van der Waals surface area contributed by atoms with Gasteiger partial charge in [-0.05, 0) is 66.5 Å². The molecule has 0 radical (unpaired) electrons. The minimum atomic E-state index is 0.105. The molecule has 1 saturated heterocycles. The fourth-order valence-electron chi connectivity index (χ4n) is 5.02. The number of aromatic nitrogens is 1. The highest BCUT2D eigenvalue weighted by molar-refractivity contribution is 9.10. The summed E-state index contributed by atoms with van der Waals surface area (Å²) in [6.45, 7) is 5.99. The zero-order valence-corrected chi connectivity index (χ0v) is 22.0. The average Bonchev–Trinajstić information content (AvgIpc) is 2.89. The molecule has 1 fully saturated rings. The lowest BCUT2D eigenvalue weighted by molar-refractivity contribution is 0.0692. The molecule has 3 nitrogen and oxygen atoms in total. The third-order valence-corrected chi connectivity index (χ3v) is 7.64. The first-order chi connectivity index (χ1) is 17.0. The van der Waals surface area contributed by atoms with Crippen molar-refractivity contribution in [2.45, 2.75) is 39.0 Å². The summed E-state index contributed by atoms with van der Waals surface area (Å²) in [5.41, 5.74) is 6.15. The first-order valence-corrected chi connectivity index (χ1v) is 13.3. The van der Waals surface area contributed by atoms with Gasteiger partial charge in [0.05, 0.1) is 16.8 Å². The van der Waals surface area contributed by atoms with E-state index in [1.165, 1.54) is 11.1 Å². The fourth-order valence-corrected chi connectivity index (χ4v) is 5.38. The number of benzene rings is 3. The summed E-state index contributed by atoms with van der Waals surface area (Å²) < 4.78 is 0.955. The van der Waals surface area contributed by atoms with Crippen molar-refractivity contribution in [1.29, 1.82) is 0 Å². The molecule has 1 aromatic heterocycles. The van der Waals surface area contributed by atoms with Crippen LogP contribution in [-0.4, -0.2) is 28.9 Å². The van der Waals surface area contributed by atoms with E-state index >= 15 is 0 Å². The molecule has 35 heavy (non-hydrogen) atoms. The lowest BCUT2D eigenvalue weighted by Gasteiger charge is -2.32. The van der Waals surface area contributed by atoms with Crippen LogP contribution in [0.4, 0.5) is 0 Å². The Morgan fingerprint density at radius 2 is 1.69 bits per heavy atom. The highest BCUT2D eigenvalue weighted by Crippen LogP contribution is 2.30. The Kier molecular flexibility index (Phi) is 7.01. The largest absolute Gasteiger partial charge is 0.339 e. The Morgan fingerprint density at radius 1 is 0.971 bits per heavy atom. The van der Waals surface area contributed by atoms with Crippen LogP contribution in [0.2, 0.25) is 0 Å². The Bertz CT molecular complexity index is 1320. The topological polar surface area (TPSA) is 33.2 Å². The van der Waals surface area contributed by atoms with E-state index in [0.717, 1.165) is 64.5 Å². The predicted octanol–water partition coefficient (Wildman–Crippen LogP) is 7.88. The van der Waals surface area contributed by atoms with E-state index in [1.54, 1.807) is 0 Å². The van der Waals surface area contributed by atoms with E-state index in [9.17, 15) is 4.79 Å². The average molecular weight is 528 g/mol. The van der Waals surface area contributed by atoms with Gasteiger partial charge in [0, 0.05) is 28.5 Å². The molecular weight excluding hydrogens is 496 g/mol. The van der Waals surface area contributed by atoms with Crippen molar-refractivity contribution >= 4 is 32.7 Å². The summed E-state index contributed by atoms with van der Waals surface area (Å²) in [7, 11) is 0. The number of likely N-dealkylation sites (tertiary alicyclic amines) is 1. The zero-order chi connectivity index (χ0) is 24.4. The molecule has 1 aliphatic rings. The molecule has 3 aromatic carbocycles. The maximum absolute atomic E-state index is 13.8. The van der Waals surface area contributed by atoms with Gasteiger partial charge in [-0.15, -0.1) is 0 Å². The van der Waals surface area contributed by atoms with Gasteiger partial charge in [-0.1, -0.05) is 84.4 Å². The summed E-state index contributed by atoms with van der Waals surface area (Å²) in [6, 6.07) is 27.2. The van der Waals surface area contributed by atoms with Gasteiger partial charge in [0.15, 0.2) is 0 Å². The van der Waals surface area contributed by atoms with Gasteiger partial charge < -0.3 is 4.90 Å². The van der Waals surface area contributed by atoms with Gasteiger partial charge in [-0.2, -0.15) is 0 Å². The highest BCUT2D eigenvalue weighted by Gasteiger charge is 2.26. The van der Waals surface area contributed by atoms with Crippen molar-refractivity contribution in [2.24, 2.45) is 5.92 Å². The first-order valence-electron chi connectivity index (χ1n) is 12.5. The van der Waals surface area contributed by atoms with Crippen LogP contribution in [0.25, 0.3) is 22.2 Å². The molecule has 4 heteroatoms. The van der Waals surface area contributed by atoms with Gasteiger partial charge in [0.2, 0.25) is 0 Å². The molecule has 0 aliphatic carbocycles. The summed E-state index contributed by atoms with van der Waals surface area (Å²) in [5, 5.41) is 0.901. The molecule has 178 valence electrons. The number of halogens is 1. The highest BCUT2D eigenvalue weighted by atomic mass is 79.9. The predicted molar refractivity (Wildman–Crippen MR) is 148 cm³/mol. The van der Waals surface area contributed by atoms with E-state index in [-0.39, 0.29) is 5.91 Å². The Morgan fingerprint density at radius 3 is 2.37 bits per heavy atom. The van der Waals surface area contributed by atoms with Gasteiger partial charge in [0.1, 0.15) is 0 Å². The third-order valence-electron chi connectivity index (χ3n) is 7.14. The number of amides is 1. The lowest BCUT2D eigenvalue weighted by atomic mass is 9.90. The zero-order valence-electron chi connectivity index (χ0n) is 20.4. The van der Waals surface area contributed by atoms with Crippen LogP contribution in [0.3, 0.4) is 0 Å². The SMILES string of the molecule is CC(C)c1ccc(-c2cc(C(=O)N3CCC(Cc4ccccc4)CC3)c3cc(Br)ccc3n2)cc1. The van der Waals surface area contributed by atoms with Crippen molar-refractivity contribution < 1.29 is 4.79 Å². The molecule has 4 aromatic rings. The molecule has 0 saturated carbocycles. The van der Waals surface area contributed by atoms with Crippen molar-refractivity contribution in [3.8, 4) is 11.3 Å². The van der Waals surface area contributed by atoms with E-state index < -0.39 is 0 Å². The summed E-state index contributed by atoms with van der Waals surface area (Å²) in [6.07, 6.45) is 3.16. The molecule has 5 rings (SSSR count). The quantitative estimate of drug-likeness (QED) is 0.265. The van der Waals surface area contributed by atoms with Gasteiger partial charge in [-0.25, -0.2) is 4.98 Å². The van der Waals surface area contributed by atoms with Crippen LogP contribution in [0.5, 0.6) is 0 Å². The van der Waals surface area contributed by atoms with Crippen LogP contribution in [0.1, 0.15) is 54.1 Å². The van der Waals surface area contributed by atoms with Crippen molar-refractivity contribution in [2.75, 3.05) is 13.1 Å². The fraction of sp³-hybridized carbons (Fsp3) is 0.290. The maximum atomic E-state index is 13.8. The van der Waals surface area contributed by atoms with Crippen LogP contribution in [0, 0.1) is 5.92 Å². The van der Waals surface area contributed by atoms with Gasteiger partial charge in [0.25, 0.3) is 5.91 Å². The molecule has 0 atom stereocenters. The van der Waals surface area contributed by atoms with Crippen molar-refractivity contribution in [3.63, 3.8) is 0 Å². The molecule has 2 heterocycles. The number of carbonyl (C=O) groups is 1. The molecule has 1 aliphatic heterocycles. The third kappa shape index (κ3) is 5.33. The number of pyridine rings is 1. The monoisotopic (exact) mass is 526 g/mol. The van der Waals surface area contributed by atoms with Crippen molar-refractivity contribution in [3.05, 3.63) is 100 Å². The minimum absolute atomic E-state index is 0.105. The second kappa shape index (κ2) is 10.3. The summed E-state index contributed by atoms with van der Waals surface area (Å²) >= 11 is 3.58. The number of fused-ring (bicyclic) bond motifs is 1. The van der Waals surface area contributed by atoms with Gasteiger partial charge >= 0.3 is 0 Å². The van der Waals surface area contributed by atoms with Crippen molar-refractivity contribution in [1.82, 2.24) is 9.88 Å². The Balaban J connectivity index is 1.41. The number of hydrogen-bond acceptors (Lipinski definition) is 2.